The number of benzene rings is 1. The van der Waals surface area contributed by atoms with Gasteiger partial charge in [0, 0.05) is 16.8 Å². The van der Waals surface area contributed by atoms with Crippen molar-refractivity contribution in [3.63, 3.8) is 0 Å². The van der Waals surface area contributed by atoms with E-state index in [0.717, 1.165) is 16.8 Å². The van der Waals surface area contributed by atoms with Crippen LogP contribution in [0.25, 0.3) is 16.9 Å². The Morgan fingerprint density at radius 1 is 1.25 bits per heavy atom. The Morgan fingerprint density at radius 2 is 2.05 bits per heavy atom. The molecule has 1 aromatic carbocycles. The number of pyridine rings is 1. The quantitative estimate of drug-likeness (QED) is 0.773. The third-order valence-corrected chi connectivity index (χ3v) is 3.83. The molecule has 0 aliphatic heterocycles. The number of imidazole rings is 1. The van der Waals surface area contributed by atoms with Crippen LogP contribution in [0.3, 0.4) is 0 Å². The zero-order chi connectivity index (χ0) is 14.3. The highest BCUT2D eigenvalue weighted by Crippen LogP contribution is 2.33. The van der Waals surface area contributed by atoms with Crippen molar-refractivity contribution in [2.75, 3.05) is 0 Å². The van der Waals surface area contributed by atoms with E-state index in [1.165, 1.54) is 0 Å². The smallest absolute Gasteiger partial charge is 0.140 e. The van der Waals surface area contributed by atoms with Gasteiger partial charge in [-0.3, -0.25) is 0 Å². The number of aliphatic hydroxyl groups is 1. The highest BCUT2D eigenvalue weighted by atomic mass is 35.5. The molecule has 0 radical (unpaired) electrons. The van der Waals surface area contributed by atoms with E-state index in [4.69, 9.17) is 23.2 Å². The Morgan fingerprint density at radius 3 is 2.75 bits per heavy atom. The van der Waals surface area contributed by atoms with E-state index < -0.39 is 0 Å². The van der Waals surface area contributed by atoms with E-state index in [1.807, 2.05) is 35.7 Å². The maximum atomic E-state index is 9.67. The lowest BCUT2D eigenvalue weighted by molar-refractivity contribution is 0.276. The lowest BCUT2D eigenvalue weighted by Gasteiger charge is -2.04. The molecular formula is C15H12Cl2N2O. The zero-order valence-corrected chi connectivity index (χ0v) is 12.3. The average molecular weight is 307 g/mol. The lowest BCUT2D eigenvalue weighted by atomic mass is 10.1. The molecule has 0 amide bonds. The van der Waals surface area contributed by atoms with Crippen LogP contribution in [0.5, 0.6) is 0 Å². The van der Waals surface area contributed by atoms with Gasteiger partial charge in [0.25, 0.3) is 0 Å². The van der Waals surface area contributed by atoms with Crippen molar-refractivity contribution in [2.45, 2.75) is 13.5 Å². The topological polar surface area (TPSA) is 37.5 Å². The Hall–Kier alpha value is -1.55. The molecule has 5 heteroatoms. The van der Waals surface area contributed by atoms with Gasteiger partial charge in [0.1, 0.15) is 5.65 Å². The van der Waals surface area contributed by atoms with E-state index in [2.05, 4.69) is 4.98 Å². The molecule has 102 valence electrons. The minimum Gasteiger partial charge on any atom is -0.390 e. The monoisotopic (exact) mass is 306 g/mol. The third kappa shape index (κ3) is 2.08. The molecule has 0 atom stereocenters. The Bertz CT molecular complexity index is 796. The van der Waals surface area contributed by atoms with Crippen molar-refractivity contribution in [1.29, 1.82) is 0 Å². The largest absolute Gasteiger partial charge is 0.390 e. The number of aliphatic hydroxyl groups excluding tert-OH is 1. The minimum absolute atomic E-state index is 0.112. The van der Waals surface area contributed by atoms with Gasteiger partial charge in [0.05, 0.1) is 23.0 Å². The molecule has 0 aliphatic carbocycles. The molecule has 2 heterocycles. The fourth-order valence-corrected chi connectivity index (χ4v) is 2.80. The number of rotatable bonds is 2. The van der Waals surface area contributed by atoms with Crippen molar-refractivity contribution < 1.29 is 5.11 Å². The molecular weight excluding hydrogens is 295 g/mol. The van der Waals surface area contributed by atoms with Gasteiger partial charge in [0.2, 0.25) is 0 Å². The van der Waals surface area contributed by atoms with Gasteiger partial charge in [-0.05, 0) is 36.8 Å². The second kappa shape index (κ2) is 5.09. The van der Waals surface area contributed by atoms with Crippen molar-refractivity contribution in [3.8, 4) is 11.3 Å². The molecule has 0 bridgehead atoms. The van der Waals surface area contributed by atoms with Crippen LogP contribution in [-0.2, 0) is 6.61 Å². The Kier molecular flexibility index (Phi) is 3.42. The summed E-state index contributed by atoms with van der Waals surface area (Å²) in [6.07, 6.45) is 1.88. The summed E-state index contributed by atoms with van der Waals surface area (Å²) in [5.74, 6) is 0. The lowest BCUT2D eigenvalue weighted by Crippen LogP contribution is -1.94. The van der Waals surface area contributed by atoms with Crippen LogP contribution in [0.1, 0.15) is 11.3 Å². The molecule has 3 rings (SSSR count). The molecule has 2 aromatic heterocycles. The van der Waals surface area contributed by atoms with E-state index in [9.17, 15) is 5.11 Å². The number of aromatic nitrogens is 2. The summed E-state index contributed by atoms with van der Waals surface area (Å²) in [4.78, 5) is 4.62. The number of halogens is 2. The predicted molar refractivity (Wildman–Crippen MR) is 81.3 cm³/mol. The number of hydrogen-bond acceptors (Lipinski definition) is 2. The number of nitrogens with zero attached hydrogens (tertiary/aromatic N) is 2. The first-order valence-electron chi connectivity index (χ1n) is 6.14. The minimum atomic E-state index is -0.112. The van der Waals surface area contributed by atoms with Crippen LogP contribution in [0.2, 0.25) is 10.0 Å². The molecule has 3 nitrogen and oxygen atoms in total. The van der Waals surface area contributed by atoms with Crippen LogP contribution < -0.4 is 0 Å². The molecule has 3 aromatic rings. The maximum Gasteiger partial charge on any atom is 0.140 e. The van der Waals surface area contributed by atoms with Gasteiger partial charge in [-0.15, -0.1) is 0 Å². The zero-order valence-electron chi connectivity index (χ0n) is 10.8. The first-order chi connectivity index (χ1) is 9.61. The summed E-state index contributed by atoms with van der Waals surface area (Å²) in [7, 11) is 0. The van der Waals surface area contributed by atoms with Crippen LogP contribution in [0.4, 0.5) is 0 Å². The average Bonchev–Trinajstić information content (AvgIpc) is 2.78. The maximum absolute atomic E-state index is 9.67. The molecule has 0 spiro atoms. The second-order valence-electron chi connectivity index (χ2n) is 4.57. The molecule has 0 saturated heterocycles. The van der Waals surface area contributed by atoms with Crippen molar-refractivity contribution >= 4 is 28.8 Å². The number of hydrogen-bond donors (Lipinski definition) is 1. The van der Waals surface area contributed by atoms with Crippen molar-refractivity contribution in [3.05, 3.63) is 57.8 Å². The molecule has 1 N–H and O–H groups in total. The van der Waals surface area contributed by atoms with Crippen molar-refractivity contribution in [1.82, 2.24) is 9.38 Å². The highest BCUT2D eigenvalue weighted by molar-refractivity contribution is 6.36. The number of aryl methyl sites for hydroxylation is 1. The third-order valence-electron chi connectivity index (χ3n) is 3.28. The van der Waals surface area contributed by atoms with E-state index >= 15 is 0 Å². The first kappa shape index (κ1) is 13.4. The Balaban J connectivity index is 2.33. The molecule has 0 aliphatic rings. The van der Waals surface area contributed by atoms with E-state index in [0.29, 0.717) is 21.4 Å². The summed E-state index contributed by atoms with van der Waals surface area (Å²) >= 11 is 12.2. The van der Waals surface area contributed by atoms with Gasteiger partial charge in [-0.1, -0.05) is 29.3 Å². The first-order valence-corrected chi connectivity index (χ1v) is 6.90. The van der Waals surface area contributed by atoms with Gasteiger partial charge in [-0.25, -0.2) is 4.98 Å². The summed E-state index contributed by atoms with van der Waals surface area (Å²) < 4.78 is 1.88. The fourth-order valence-electron chi connectivity index (χ4n) is 2.30. The molecule has 0 saturated carbocycles. The van der Waals surface area contributed by atoms with Crippen molar-refractivity contribution in [2.24, 2.45) is 0 Å². The summed E-state index contributed by atoms with van der Waals surface area (Å²) in [5.41, 5.74) is 4.02. The molecule has 0 fully saturated rings. The SMILES string of the molecule is Cc1cccn2c(CO)c(-c3ccc(Cl)cc3Cl)nc12. The van der Waals surface area contributed by atoms with Gasteiger partial charge >= 0.3 is 0 Å². The highest BCUT2D eigenvalue weighted by Gasteiger charge is 2.16. The number of fused-ring (bicyclic) bond motifs is 1. The fraction of sp³-hybridized carbons (Fsp3) is 0.133. The van der Waals surface area contributed by atoms with Crippen LogP contribution in [-0.4, -0.2) is 14.5 Å². The van der Waals surface area contributed by atoms with Crippen LogP contribution in [0, 0.1) is 6.92 Å². The second-order valence-corrected chi connectivity index (χ2v) is 5.42. The summed E-state index contributed by atoms with van der Waals surface area (Å²) in [6.45, 7) is 1.87. The van der Waals surface area contributed by atoms with Crippen LogP contribution in [0.15, 0.2) is 36.5 Å². The predicted octanol–water partition coefficient (Wildman–Crippen LogP) is 4.11. The molecule has 20 heavy (non-hydrogen) atoms. The standard InChI is InChI=1S/C15H12Cl2N2O/c1-9-3-2-6-19-13(8-20)14(18-15(9)19)11-5-4-10(16)7-12(11)17/h2-7,20H,8H2,1H3. The van der Waals surface area contributed by atoms with Gasteiger partial charge < -0.3 is 9.51 Å². The summed E-state index contributed by atoms with van der Waals surface area (Å²) in [5, 5.41) is 10.8. The van der Waals surface area contributed by atoms with E-state index in [1.54, 1.807) is 12.1 Å². The van der Waals surface area contributed by atoms with Gasteiger partial charge in [0.15, 0.2) is 0 Å². The Labute approximate surface area is 126 Å². The molecule has 0 unspecified atom stereocenters. The summed E-state index contributed by atoms with van der Waals surface area (Å²) in [6, 6.07) is 9.17. The van der Waals surface area contributed by atoms with Gasteiger partial charge in [-0.2, -0.15) is 0 Å². The normalized spacial score (nSPS) is 11.2. The van der Waals surface area contributed by atoms with E-state index in [-0.39, 0.29) is 6.61 Å². The van der Waals surface area contributed by atoms with Crippen LogP contribution >= 0.6 is 23.2 Å².